The quantitative estimate of drug-likeness (QED) is 0.884. The van der Waals surface area contributed by atoms with Gasteiger partial charge in [-0.05, 0) is 48.4 Å². The molecule has 0 bridgehead atoms. The van der Waals surface area contributed by atoms with Crippen LogP contribution in [-0.2, 0) is 19.3 Å². The average molecular weight is 272 g/mol. The van der Waals surface area contributed by atoms with E-state index in [2.05, 4.69) is 30.3 Å². The predicted molar refractivity (Wildman–Crippen MR) is 80.5 cm³/mol. The number of hydrogen-bond donors (Lipinski definition) is 1. The lowest BCUT2D eigenvalue weighted by atomic mass is 9.75. The number of hydrogen-bond acceptors (Lipinski definition) is 1. The van der Waals surface area contributed by atoms with Gasteiger partial charge in [-0.1, -0.05) is 54.1 Å². The molecular formula is C17H18ClN. The van der Waals surface area contributed by atoms with Crippen LogP contribution >= 0.6 is 11.6 Å². The Morgan fingerprint density at radius 2 is 1.68 bits per heavy atom. The molecule has 1 aliphatic carbocycles. The molecule has 0 spiro atoms. The minimum Gasteiger partial charge on any atom is -0.324 e. The molecule has 2 aromatic carbocycles. The third kappa shape index (κ3) is 2.68. The minimum atomic E-state index is -0.167. The molecule has 0 amide bonds. The molecule has 0 aliphatic heterocycles. The molecule has 3 rings (SSSR count). The summed E-state index contributed by atoms with van der Waals surface area (Å²) < 4.78 is 0. The lowest BCUT2D eigenvalue weighted by Gasteiger charge is -2.35. The minimum absolute atomic E-state index is 0.167. The van der Waals surface area contributed by atoms with E-state index in [4.69, 9.17) is 17.3 Å². The van der Waals surface area contributed by atoms with Crippen molar-refractivity contribution in [3.8, 4) is 0 Å². The fourth-order valence-corrected chi connectivity index (χ4v) is 3.20. The molecule has 0 saturated carbocycles. The van der Waals surface area contributed by atoms with Gasteiger partial charge >= 0.3 is 0 Å². The first-order chi connectivity index (χ1) is 9.16. The third-order valence-corrected chi connectivity index (χ3v) is 4.42. The van der Waals surface area contributed by atoms with E-state index in [1.54, 1.807) is 0 Å². The zero-order chi connectivity index (χ0) is 13.3. The van der Waals surface area contributed by atoms with Gasteiger partial charge < -0.3 is 5.73 Å². The van der Waals surface area contributed by atoms with Gasteiger partial charge in [-0.25, -0.2) is 0 Å². The lowest BCUT2D eigenvalue weighted by molar-refractivity contribution is 0.369. The summed E-state index contributed by atoms with van der Waals surface area (Å²) in [4.78, 5) is 0. The zero-order valence-corrected chi connectivity index (χ0v) is 11.7. The highest BCUT2D eigenvalue weighted by molar-refractivity contribution is 6.31. The maximum atomic E-state index is 6.62. The van der Waals surface area contributed by atoms with Crippen molar-refractivity contribution in [2.75, 3.05) is 0 Å². The Hall–Kier alpha value is -1.31. The summed E-state index contributed by atoms with van der Waals surface area (Å²) in [5, 5.41) is 0.825. The van der Waals surface area contributed by atoms with Crippen LogP contribution < -0.4 is 5.73 Å². The second kappa shape index (κ2) is 4.99. The molecule has 1 nitrogen and oxygen atoms in total. The van der Waals surface area contributed by atoms with Gasteiger partial charge in [0.2, 0.25) is 0 Å². The maximum Gasteiger partial charge on any atom is 0.0438 e. The van der Waals surface area contributed by atoms with Gasteiger partial charge in [-0.2, -0.15) is 0 Å². The van der Waals surface area contributed by atoms with Gasteiger partial charge in [0.05, 0.1) is 0 Å². The summed E-state index contributed by atoms with van der Waals surface area (Å²) >= 11 is 6.25. The van der Waals surface area contributed by atoms with E-state index in [9.17, 15) is 0 Å². The number of rotatable bonds is 2. The van der Waals surface area contributed by atoms with Crippen molar-refractivity contribution in [3.05, 3.63) is 70.2 Å². The van der Waals surface area contributed by atoms with Crippen LogP contribution in [0.15, 0.2) is 48.5 Å². The lowest BCUT2D eigenvalue weighted by Crippen LogP contribution is -2.47. The summed E-state index contributed by atoms with van der Waals surface area (Å²) in [5.41, 5.74) is 10.4. The summed E-state index contributed by atoms with van der Waals surface area (Å²) in [5.74, 6) is 0. The van der Waals surface area contributed by atoms with Crippen molar-refractivity contribution < 1.29 is 0 Å². The highest BCUT2D eigenvalue weighted by Gasteiger charge is 2.30. The highest BCUT2D eigenvalue weighted by atomic mass is 35.5. The van der Waals surface area contributed by atoms with Gasteiger partial charge in [0.15, 0.2) is 0 Å². The number of halogens is 1. The van der Waals surface area contributed by atoms with E-state index in [0.29, 0.717) is 0 Å². The Balaban J connectivity index is 1.84. The van der Waals surface area contributed by atoms with Gasteiger partial charge in [0.25, 0.3) is 0 Å². The van der Waals surface area contributed by atoms with Crippen molar-refractivity contribution in [2.45, 2.75) is 31.2 Å². The Labute approximate surface area is 119 Å². The number of nitrogens with two attached hydrogens (primary N) is 1. The molecule has 0 aromatic heterocycles. The van der Waals surface area contributed by atoms with E-state index in [0.717, 1.165) is 36.3 Å². The molecule has 1 atom stereocenters. The fraction of sp³-hybridized carbons (Fsp3) is 0.294. The Morgan fingerprint density at radius 1 is 1.00 bits per heavy atom. The van der Waals surface area contributed by atoms with Crippen molar-refractivity contribution in [3.63, 3.8) is 0 Å². The number of fused-ring (bicyclic) bond motifs is 1. The standard InChI is InChI=1S/C17H18ClN/c18-16-8-4-3-7-15(16)12-17(19)10-9-13-5-1-2-6-14(13)11-17/h1-8H,9-12,19H2. The molecule has 1 aliphatic rings. The molecule has 2 aromatic rings. The van der Waals surface area contributed by atoms with Crippen LogP contribution in [0.4, 0.5) is 0 Å². The smallest absolute Gasteiger partial charge is 0.0438 e. The normalized spacial score (nSPS) is 22.0. The average Bonchev–Trinajstić information content (AvgIpc) is 2.41. The van der Waals surface area contributed by atoms with Gasteiger partial charge in [-0.3, -0.25) is 0 Å². The second-order valence-electron chi connectivity index (χ2n) is 5.58. The van der Waals surface area contributed by atoms with E-state index < -0.39 is 0 Å². The molecule has 1 unspecified atom stereocenters. The summed E-state index contributed by atoms with van der Waals surface area (Å²) in [7, 11) is 0. The Kier molecular flexibility index (Phi) is 3.34. The molecule has 0 radical (unpaired) electrons. The molecule has 0 saturated heterocycles. The monoisotopic (exact) mass is 271 g/mol. The van der Waals surface area contributed by atoms with Crippen molar-refractivity contribution in [2.24, 2.45) is 5.73 Å². The summed E-state index contributed by atoms with van der Waals surface area (Å²) in [6, 6.07) is 16.6. The highest BCUT2D eigenvalue weighted by Crippen LogP contribution is 2.31. The molecule has 98 valence electrons. The molecule has 0 heterocycles. The molecule has 19 heavy (non-hydrogen) atoms. The number of benzene rings is 2. The SMILES string of the molecule is NC1(Cc2ccccc2Cl)CCc2ccccc2C1. The van der Waals surface area contributed by atoms with Crippen molar-refractivity contribution in [1.29, 1.82) is 0 Å². The van der Waals surface area contributed by atoms with Crippen LogP contribution in [0.5, 0.6) is 0 Å². The topological polar surface area (TPSA) is 26.0 Å². The van der Waals surface area contributed by atoms with E-state index in [1.807, 2.05) is 18.2 Å². The van der Waals surface area contributed by atoms with Crippen LogP contribution in [0.3, 0.4) is 0 Å². The van der Waals surface area contributed by atoms with Crippen LogP contribution in [0.25, 0.3) is 0 Å². The Morgan fingerprint density at radius 3 is 2.47 bits per heavy atom. The van der Waals surface area contributed by atoms with Crippen molar-refractivity contribution >= 4 is 11.6 Å². The second-order valence-corrected chi connectivity index (χ2v) is 5.98. The molecular weight excluding hydrogens is 254 g/mol. The van der Waals surface area contributed by atoms with Gasteiger partial charge in [-0.15, -0.1) is 0 Å². The predicted octanol–water partition coefficient (Wildman–Crippen LogP) is 3.77. The third-order valence-electron chi connectivity index (χ3n) is 4.05. The maximum absolute atomic E-state index is 6.62. The van der Waals surface area contributed by atoms with E-state index >= 15 is 0 Å². The van der Waals surface area contributed by atoms with Crippen LogP contribution in [-0.4, -0.2) is 5.54 Å². The fourth-order valence-electron chi connectivity index (χ4n) is 3.00. The summed E-state index contributed by atoms with van der Waals surface area (Å²) in [6.45, 7) is 0. The molecule has 2 N–H and O–H groups in total. The zero-order valence-electron chi connectivity index (χ0n) is 10.9. The Bertz CT molecular complexity index is 593. The van der Waals surface area contributed by atoms with Crippen LogP contribution in [0, 0.1) is 0 Å². The first-order valence-corrected chi connectivity index (χ1v) is 7.13. The van der Waals surface area contributed by atoms with E-state index in [1.165, 1.54) is 11.1 Å². The summed E-state index contributed by atoms with van der Waals surface area (Å²) in [6.07, 6.45) is 3.88. The molecule has 0 fully saturated rings. The van der Waals surface area contributed by atoms with E-state index in [-0.39, 0.29) is 5.54 Å². The first kappa shape index (κ1) is 12.7. The van der Waals surface area contributed by atoms with Crippen molar-refractivity contribution in [1.82, 2.24) is 0 Å². The number of aryl methyl sites for hydroxylation is 1. The molecule has 2 heteroatoms. The van der Waals surface area contributed by atoms with Crippen LogP contribution in [0.1, 0.15) is 23.1 Å². The largest absolute Gasteiger partial charge is 0.324 e. The van der Waals surface area contributed by atoms with Gasteiger partial charge in [0.1, 0.15) is 0 Å². The first-order valence-electron chi connectivity index (χ1n) is 6.75. The van der Waals surface area contributed by atoms with Gasteiger partial charge in [0, 0.05) is 10.6 Å². The van der Waals surface area contributed by atoms with Crippen LogP contribution in [0.2, 0.25) is 5.02 Å².